The van der Waals surface area contributed by atoms with E-state index in [1.54, 1.807) is 7.05 Å². The molecular formula is C10H14ClN3O4S. The van der Waals surface area contributed by atoms with Gasteiger partial charge in [0.15, 0.2) is 0 Å². The molecule has 0 bridgehead atoms. The second-order valence-electron chi connectivity index (χ2n) is 3.73. The average molecular weight is 308 g/mol. The van der Waals surface area contributed by atoms with Crippen LogP contribution in [0.1, 0.15) is 6.42 Å². The van der Waals surface area contributed by atoms with E-state index in [4.69, 9.17) is 11.6 Å². The molecule has 0 saturated carbocycles. The number of benzene rings is 1. The summed E-state index contributed by atoms with van der Waals surface area (Å²) in [7, 11) is -1.99. The molecule has 7 nitrogen and oxygen atoms in total. The molecule has 0 atom stereocenters. The first-order valence-corrected chi connectivity index (χ1v) is 7.33. The van der Waals surface area contributed by atoms with Crippen LogP contribution in [-0.4, -0.2) is 33.5 Å². The molecule has 0 fully saturated rings. The molecule has 1 aromatic carbocycles. The lowest BCUT2D eigenvalue weighted by Crippen LogP contribution is -2.26. The third kappa shape index (κ3) is 4.43. The summed E-state index contributed by atoms with van der Waals surface area (Å²) in [6.07, 6.45) is 0.616. The fourth-order valence-corrected chi connectivity index (χ4v) is 2.63. The first kappa shape index (κ1) is 15.8. The lowest BCUT2D eigenvalue weighted by atomic mass is 10.3. The van der Waals surface area contributed by atoms with Gasteiger partial charge in [0, 0.05) is 12.6 Å². The standard InChI is InChI=1S/C10H14ClN3O4S/c1-12-5-2-6-13-19(17,18)8-3-4-9(11)10(7-8)14(15)16/h3-4,7,12-13H,2,5-6H2,1H3. The highest BCUT2D eigenvalue weighted by molar-refractivity contribution is 7.89. The van der Waals surface area contributed by atoms with Crippen LogP contribution in [0.15, 0.2) is 23.1 Å². The van der Waals surface area contributed by atoms with Gasteiger partial charge in [-0.3, -0.25) is 10.1 Å². The van der Waals surface area contributed by atoms with Crippen LogP contribution in [-0.2, 0) is 10.0 Å². The molecular weight excluding hydrogens is 294 g/mol. The number of hydrogen-bond acceptors (Lipinski definition) is 5. The fourth-order valence-electron chi connectivity index (χ4n) is 1.35. The number of rotatable bonds is 7. The van der Waals surface area contributed by atoms with Gasteiger partial charge in [-0.25, -0.2) is 13.1 Å². The summed E-state index contributed by atoms with van der Waals surface area (Å²) in [4.78, 5) is 9.80. The van der Waals surface area contributed by atoms with E-state index in [9.17, 15) is 18.5 Å². The van der Waals surface area contributed by atoms with Crippen LogP contribution in [0, 0.1) is 10.1 Å². The van der Waals surface area contributed by atoms with Crippen molar-refractivity contribution in [2.75, 3.05) is 20.1 Å². The van der Waals surface area contributed by atoms with Gasteiger partial charge in [0.2, 0.25) is 10.0 Å². The molecule has 0 amide bonds. The van der Waals surface area contributed by atoms with E-state index < -0.39 is 20.6 Å². The first-order chi connectivity index (χ1) is 8.88. The van der Waals surface area contributed by atoms with Gasteiger partial charge in [-0.2, -0.15) is 0 Å². The van der Waals surface area contributed by atoms with E-state index in [0.29, 0.717) is 13.0 Å². The highest BCUT2D eigenvalue weighted by atomic mass is 35.5. The Morgan fingerprint density at radius 2 is 2.05 bits per heavy atom. The van der Waals surface area contributed by atoms with Crippen molar-refractivity contribution in [2.45, 2.75) is 11.3 Å². The molecule has 9 heteroatoms. The van der Waals surface area contributed by atoms with Crippen molar-refractivity contribution < 1.29 is 13.3 Å². The van der Waals surface area contributed by atoms with Crippen molar-refractivity contribution >= 4 is 27.3 Å². The third-order valence-electron chi connectivity index (χ3n) is 2.32. The molecule has 106 valence electrons. The molecule has 0 aliphatic carbocycles. The van der Waals surface area contributed by atoms with Gasteiger partial charge in [0.25, 0.3) is 5.69 Å². The third-order valence-corrected chi connectivity index (χ3v) is 4.10. The van der Waals surface area contributed by atoms with E-state index in [-0.39, 0.29) is 16.5 Å². The minimum absolute atomic E-state index is 0.0980. The van der Waals surface area contributed by atoms with Crippen molar-refractivity contribution in [2.24, 2.45) is 0 Å². The summed E-state index contributed by atoms with van der Waals surface area (Å²) in [6.45, 7) is 0.920. The topological polar surface area (TPSA) is 101 Å². The molecule has 2 N–H and O–H groups in total. The van der Waals surface area contributed by atoms with Crippen molar-refractivity contribution in [3.63, 3.8) is 0 Å². The Morgan fingerprint density at radius 1 is 1.37 bits per heavy atom. The molecule has 0 aliphatic rings. The average Bonchev–Trinajstić information content (AvgIpc) is 2.34. The summed E-state index contributed by atoms with van der Waals surface area (Å²) in [5.74, 6) is 0. The minimum Gasteiger partial charge on any atom is -0.320 e. The van der Waals surface area contributed by atoms with Crippen LogP contribution in [0.4, 0.5) is 5.69 Å². The van der Waals surface area contributed by atoms with Gasteiger partial charge < -0.3 is 5.32 Å². The van der Waals surface area contributed by atoms with Gasteiger partial charge in [-0.1, -0.05) is 11.6 Å². The van der Waals surface area contributed by atoms with E-state index in [1.165, 1.54) is 12.1 Å². The summed E-state index contributed by atoms with van der Waals surface area (Å²) in [5, 5.41) is 13.5. The lowest BCUT2D eigenvalue weighted by molar-refractivity contribution is -0.384. The molecule has 0 aromatic heterocycles. The summed E-state index contributed by atoms with van der Waals surface area (Å²) >= 11 is 5.62. The molecule has 0 spiro atoms. The highest BCUT2D eigenvalue weighted by Crippen LogP contribution is 2.26. The molecule has 0 heterocycles. The number of nitrogens with zero attached hydrogens (tertiary/aromatic N) is 1. The summed E-state index contributed by atoms with van der Waals surface area (Å²) in [6, 6.07) is 3.38. The molecule has 1 aromatic rings. The molecule has 0 aliphatic heterocycles. The summed E-state index contributed by atoms with van der Waals surface area (Å²) < 4.78 is 26.1. The van der Waals surface area contributed by atoms with Gasteiger partial charge >= 0.3 is 0 Å². The number of halogens is 1. The maximum Gasteiger partial charge on any atom is 0.289 e. The largest absolute Gasteiger partial charge is 0.320 e. The Balaban J connectivity index is 2.89. The predicted molar refractivity (Wildman–Crippen MR) is 71.8 cm³/mol. The van der Waals surface area contributed by atoms with Crippen molar-refractivity contribution in [3.05, 3.63) is 33.3 Å². The van der Waals surface area contributed by atoms with Gasteiger partial charge in [-0.05, 0) is 32.1 Å². The van der Waals surface area contributed by atoms with E-state index >= 15 is 0 Å². The molecule has 0 radical (unpaired) electrons. The molecule has 19 heavy (non-hydrogen) atoms. The SMILES string of the molecule is CNCCCNS(=O)(=O)c1ccc(Cl)c([N+](=O)[O-])c1. The van der Waals surface area contributed by atoms with Gasteiger partial charge in [0.05, 0.1) is 9.82 Å². The zero-order valence-corrected chi connectivity index (χ0v) is 11.8. The monoisotopic (exact) mass is 307 g/mol. The van der Waals surface area contributed by atoms with Crippen LogP contribution >= 0.6 is 11.6 Å². The summed E-state index contributed by atoms with van der Waals surface area (Å²) in [5.41, 5.74) is -0.431. The van der Waals surface area contributed by atoms with E-state index in [1.807, 2.05) is 0 Å². The quantitative estimate of drug-likeness (QED) is 0.447. The Labute approximate surface area is 116 Å². The van der Waals surface area contributed by atoms with Crippen LogP contribution in [0.3, 0.4) is 0 Å². The lowest BCUT2D eigenvalue weighted by Gasteiger charge is -2.06. The molecule has 1 rings (SSSR count). The minimum atomic E-state index is -3.75. The Morgan fingerprint density at radius 3 is 2.63 bits per heavy atom. The Kier molecular flexibility index (Phi) is 5.67. The van der Waals surface area contributed by atoms with Crippen molar-refractivity contribution in [3.8, 4) is 0 Å². The van der Waals surface area contributed by atoms with Crippen LogP contribution < -0.4 is 10.0 Å². The van der Waals surface area contributed by atoms with Crippen LogP contribution in [0.5, 0.6) is 0 Å². The number of hydrogen-bond donors (Lipinski definition) is 2. The molecule has 0 unspecified atom stereocenters. The van der Waals surface area contributed by atoms with Crippen LogP contribution in [0.25, 0.3) is 0 Å². The second kappa shape index (κ2) is 6.80. The number of nitro groups is 1. The van der Waals surface area contributed by atoms with Gasteiger partial charge in [-0.15, -0.1) is 0 Å². The predicted octanol–water partition coefficient (Wildman–Crippen LogP) is 1.14. The number of sulfonamides is 1. The first-order valence-electron chi connectivity index (χ1n) is 5.46. The van der Waals surface area contributed by atoms with Gasteiger partial charge in [0.1, 0.15) is 5.02 Å². The maximum atomic E-state index is 11.9. The maximum absolute atomic E-state index is 11.9. The van der Waals surface area contributed by atoms with Crippen molar-refractivity contribution in [1.29, 1.82) is 0 Å². The van der Waals surface area contributed by atoms with E-state index in [0.717, 1.165) is 6.07 Å². The Hall–Kier alpha value is -1.22. The van der Waals surface area contributed by atoms with Crippen LogP contribution in [0.2, 0.25) is 5.02 Å². The highest BCUT2D eigenvalue weighted by Gasteiger charge is 2.20. The zero-order valence-electron chi connectivity index (χ0n) is 10.2. The fraction of sp³-hybridized carbons (Fsp3) is 0.400. The van der Waals surface area contributed by atoms with Crippen molar-refractivity contribution in [1.82, 2.24) is 10.0 Å². The Bertz CT molecular complexity index is 562. The second-order valence-corrected chi connectivity index (χ2v) is 5.90. The number of nitro benzene ring substituents is 1. The smallest absolute Gasteiger partial charge is 0.289 e. The number of nitrogens with one attached hydrogen (secondary N) is 2. The van der Waals surface area contributed by atoms with E-state index in [2.05, 4.69) is 10.0 Å². The normalized spacial score (nSPS) is 11.5. The zero-order chi connectivity index (χ0) is 14.5. The molecule has 0 saturated heterocycles.